The standard InChI is InChI=1S/C10H15ClN4/c1-7-9(11)8(2)15(14-7)5-4-10(3,13)6-12/h4-5,13H2,1-3H3. The molecule has 4 nitrogen and oxygen atoms in total. The molecule has 0 saturated heterocycles. The highest BCUT2D eigenvalue weighted by atomic mass is 35.5. The van der Waals surface area contributed by atoms with Crippen molar-refractivity contribution in [2.75, 3.05) is 0 Å². The summed E-state index contributed by atoms with van der Waals surface area (Å²) in [6, 6.07) is 2.06. The highest BCUT2D eigenvalue weighted by molar-refractivity contribution is 6.31. The van der Waals surface area contributed by atoms with Gasteiger partial charge in [-0.2, -0.15) is 10.4 Å². The first-order chi connectivity index (χ1) is 6.87. The molecule has 1 heterocycles. The van der Waals surface area contributed by atoms with Crippen molar-refractivity contribution in [2.24, 2.45) is 5.73 Å². The van der Waals surface area contributed by atoms with Crippen LogP contribution in [0, 0.1) is 25.2 Å². The van der Waals surface area contributed by atoms with Crippen LogP contribution in [0.4, 0.5) is 0 Å². The molecule has 0 aliphatic carbocycles. The summed E-state index contributed by atoms with van der Waals surface area (Å²) in [7, 11) is 0. The Kier molecular flexibility index (Phi) is 3.38. The van der Waals surface area contributed by atoms with Gasteiger partial charge in [0.2, 0.25) is 0 Å². The van der Waals surface area contributed by atoms with Crippen LogP contribution in [0.15, 0.2) is 0 Å². The summed E-state index contributed by atoms with van der Waals surface area (Å²) in [6.45, 7) is 6.08. The van der Waals surface area contributed by atoms with Gasteiger partial charge in [-0.25, -0.2) is 0 Å². The van der Waals surface area contributed by atoms with E-state index in [0.29, 0.717) is 18.0 Å². The Morgan fingerprint density at radius 2 is 2.20 bits per heavy atom. The number of hydrogen-bond donors (Lipinski definition) is 1. The molecule has 0 aromatic carbocycles. The van der Waals surface area contributed by atoms with Crippen molar-refractivity contribution in [3.05, 3.63) is 16.4 Å². The molecule has 0 bridgehead atoms. The third-order valence-corrected chi connectivity index (χ3v) is 2.94. The maximum absolute atomic E-state index is 8.77. The minimum atomic E-state index is -0.807. The van der Waals surface area contributed by atoms with E-state index in [1.807, 2.05) is 13.8 Å². The molecule has 0 radical (unpaired) electrons. The average Bonchev–Trinajstić information content (AvgIpc) is 2.43. The lowest BCUT2D eigenvalue weighted by Crippen LogP contribution is -2.35. The number of nitrogens with two attached hydrogens (primary N) is 1. The number of rotatable bonds is 3. The largest absolute Gasteiger partial charge is 0.314 e. The average molecular weight is 227 g/mol. The summed E-state index contributed by atoms with van der Waals surface area (Å²) in [4.78, 5) is 0. The minimum Gasteiger partial charge on any atom is -0.314 e. The second-order valence-corrected chi connectivity index (χ2v) is 4.37. The molecule has 1 rings (SSSR count). The van der Waals surface area contributed by atoms with Gasteiger partial charge in [0.25, 0.3) is 0 Å². The summed E-state index contributed by atoms with van der Waals surface area (Å²) in [5, 5.41) is 13.7. The lowest BCUT2D eigenvalue weighted by molar-refractivity contribution is 0.460. The van der Waals surface area contributed by atoms with Crippen LogP contribution in [-0.4, -0.2) is 15.3 Å². The molecule has 5 heteroatoms. The maximum Gasteiger partial charge on any atom is 0.103 e. The van der Waals surface area contributed by atoms with Gasteiger partial charge in [0.1, 0.15) is 5.54 Å². The van der Waals surface area contributed by atoms with Crippen LogP contribution < -0.4 is 5.73 Å². The van der Waals surface area contributed by atoms with Crippen molar-refractivity contribution in [1.82, 2.24) is 9.78 Å². The van der Waals surface area contributed by atoms with E-state index >= 15 is 0 Å². The Morgan fingerprint density at radius 3 is 2.60 bits per heavy atom. The first-order valence-electron chi connectivity index (χ1n) is 4.77. The molecule has 2 N–H and O–H groups in total. The van der Waals surface area contributed by atoms with Gasteiger partial charge in [-0.1, -0.05) is 11.6 Å². The van der Waals surface area contributed by atoms with Gasteiger partial charge in [-0.3, -0.25) is 4.68 Å². The van der Waals surface area contributed by atoms with Gasteiger partial charge in [-0.15, -0.1) is 0 Å². The molecule has 1 unspecified atom stereocenters. The number of aryl methyl sites for hydroxylation is 2. The molecule has 0 spiro atoms. The normalized spacial score (nSPS) is 14.7. The SMILES string of the molecule is Cc1nn(CCC(C)(N)C#N)c(C)c1Cl. The molecule has 82 valence electrons. The first kappa shape index (κ1) is 12.0. The number of halogens is 1. The fraction of sp³-hybridized carbons (Fsp3) is 0.600. The summed E-state index contributed by atoms with van der Waals surface area (Å²) in [5.74, 6) is 0. The van der Waals surface area contributed by atoms with Gasteiger partial charge in [-0.05, 0) is 27.2 Å². The van der Waals surface area contributed by atoms with Crippen molar-refractivity contribution in [3.8, 4) is 6.07 Å². The Labute approximate surface area is 94.6 Å². The molecule has 0 fully saturated rings. The van der Waals surface area contributed by atoms with Crippen LogP contribution in [-0.2, 0) is 6.54 Å². The molecule has 0 saturated carbocycles. The summed E-state index contributed by atoms with van der Waals surface area (Å²) >= 11 is 6.00. The van der Waals surface area contributed by atoms with Crippen LogP contribution in [0.25, 0.3) is 0 Å². The Balaban J connectivity index is 2.75. The van der Waals surface area contributed by atoms with E-state index in [4.69, 9.17) is 22.6 Å². The first-order valence-corrected chi connectivity index (χ1v) is 5.15. The van der Waals surface area contributed by atoms with E-state index in [1.54, 1.807) is 11.6 Å². The molecule has 0 aliphatic rings. The third kappa shape index (κ3) is 2.71. The Hall–Kier alpha value is -1.05. The van der Waals surface area contributed by atoms with Crippen molar-refractivity contribution >= 4 is 11.6 Å². The zero-order valence-corrected chi connectivity index (χ0v) is 9.97. The van der Waals surface area contributed by atoms with E-state index in [2.05, 4.69) is 11.2 Å². The fourth-order valence-electron chi connectivity index (χ4n) is 1.29. The maximum atomic E-state index is 8.77. The lowest BCUT2D eigenvalue weighted by atomic mass is 10.0. The highest BCUT2D eigenvalue weighted by Gasteiger charge is 2.18. The molecule has 0 amide bonds. The zero-order chi connectivity index (χ0) is 11.6. The number of aromatic nitrogens is 2. The van der Waals surface area contributed by atoms with E-state index in [0.717, 1.165) is 11.4 Å². The lowest BCUT2D eigenvalue weighted by Gasteiger charge is -2.15. The predicted molar refractivity (Wildman–Crippen MR) is 59.5 cm³/mol. The second kappa shape index (κ2) is 4.21. The van der Waals surface area contributed by atoms with E-state index in [1.165, 1.54) is 0 Å². The molecule has 1 atom stereocenters. The molecule has 15 heavy (non-hydrogen) atoms. The second-order valence-electron chi connectivity index (χ2n) is 3.99. The summed E-state index contributed by atoms with van der Waals surface area (Å²) in [5.41, 5.74) is 6.65. The van der Waals surface area contributed by atoms with E-state index < -0.39 is 5.54 Å². The number of hydrogen-bond acceptors (Lipinski definition) is 3. The van der Waals surface area contributed by atoms with Gasteiger partial charge in [0.05, 0.1) is 22.5 Å². The topological polar surface area (TPSA) is 67.6 Å². The van der Waals surface area contributed by atoms with E-state index in [-0.39, 0.29) is 0 Å². The van der Waals surface area contributed by atoms with Gasteiger partial charge >= 0.3 is 0 Å². The van der Waals surface area contributed by atoms with Crippen LogP contribution in [0.5, 0.6) is 0 Å². The predicted octanol–water partition coefficient (Wildman–Crippen LogP) is 1.78. The van der Waals surface area contributed by atoms with Crippen molar-refractivity contribution in [3.63, 3.8) is 0 Å². The van der Waals surface area contributed by atoms with Crippen LogP contribution in [0.3, 0.4) is 0 Å². The summed E-state index contributed by atoms with van der Waals surface area (Å²) < 4.78 is 1.79. The number of nitriles is 1. The molecular weight excluding hydrogens is 212 g/mol. The summed E-state index contributed by atoms with van der Waals surface area (Å²) in [6.07, 6.45) is 0.557. The van der Waals surface area contributed by atoms with Gasteiger partial charge in [0, 0.05) is 6.54 Å². The molecular formula is C10H15ClN4. The molecule has 1 aromatic heterocycles. The third-order valence-electron chi connectivity index (χ3n) is 2.39. The van der Waals surface area contributed by atoms with Crippen molar-refractivity contribution in [2.45, 2.75) is 39.3 Å². The Morgan fingerprint density at radius 1 is 1.60 bits per heavy atom. The number of nitrogens with zero attached hydrogens (tertiary/aromatic N) is 3. The highest BCUT2D eigenvalue weighted by Crippen LogP contribution is 2.19. The van der Waals surface area contributed by atoms with Gasteiger partial charge < -0.3 is 5.73 Å². The molecule has 1 aromatic rings. The van der Waals surface area contributed by atoms with Crippen molar-refractivity contribution < 1.29 is 0 Å². The van der Waals surface area contributed by atoms with Crippen molar-refractivity contribution in [1.29, 1.82) is 5.26 Å². The van der Waals surface area contributed by atoms with E-state index in [9.17, 15) is 0 Å². The van der Waals surface area contributed by atoms with Crippen LogP contribution in [0.1, 0.15) is 24.7 Å². The smallest absolute Gasteiger partial charge is 0.103 e. The van der Waals surface area contributed by atoms with Crippen LogP contribution in [0.2, 0.25) is 5.02 Å². The zero-order valence-electron chi connectivity index (χ0n) is 9.21. The molecule has 0 aliphatic heterocycles. The minimum absolute atomic E-state index is 0.557. The van der Waals surface area contributed by atoms with Crippen LogP contribution >= 0.6 is 11.6 Å². The van der Waals surface area contributed by atoms with Gasteiger partial charge in [0.15, 0.2) is 0 Å². The quantitative estimate of drug-likeness (QED) is 0.855. The Bertz CT molecular complexity index is 400. The monoisotopic (exact) mass is 226 g/mol. The fourth-order valence-corrected chi connectivity index (χ4v) is 1.42.